The van der Waals surface area contributed by atoms with Crippen LogP contribution in [0.25, 0.3) is 0 Å². The van der Waals surface area contributed by atoms with Crippen LogP contribution in [0.4, 0.5) is 0 Å². The Morgan fingerprint density at radius 3 is 2.65 bits per heavy atom. The number of likely N-dealkylation sites (tertiary alicyclic amines) is 1. The lowest BCUT2D eigenvalue weighted by atomic mass is 9.93. The van der Waals surface area contributed by atoms with Crippen molar-refractivity contribution < 1.29 is 9.90 Å². The number of carboxylic acid groups (broad SMARTS) is 1. The van der Waals surface area contributed by atoms with Crippen LogP contribution in [0.1, 0.15) is 56.7 Å². The lowest BCUT2D eigenvalue weighted by molar-refractivity contribution is -0.150. The van der Waals surface area contributed by atoms with Crippen LogP contribution in [0.15, 0.2) is 12.1 Å². The van der Waals surface area contributed by atoms with Crippen molar-refractivity contribution >= 4 is 17.3 Å². The van der Waals surface area contributed by atoms with Crippen molar-refractivity contribution in [3.63, 3.8) is 0 Å². The quantitative estimate of drug-likeness (QED) is 0.916. The van der Waals surface area contributed by atoms with Gasteiger partial charge in [-0.15, -0.1) is 11.3 Å². The number of rotatable bonds is 4. The first-order chi connectivity index (χ1) is 9.29. The van der Waals surface area contributed by atoms with E-state index in [0.717, 1.165) is 25.9 Å². The van der Waals surface area contributed by atoms with Crippen LogP contribution in [0.2, 0.25) is 0 Å². The summed E-state index contributed by atoms with van der Waals surface area (Å²) < 4.78 is 0. The van der Waals surface area contributed by atoms with Crippen molar-refractivity contribution in [1.82, 2.24) is 4.90 Å². The first-order valence-corrected chi connectivity index (χ1v) is 8.19. The number of nitrogens with zero attached hydrogens (tertiary/aromatic N) is 1. The normalized spacial score (nSPS) is 24.2. The number of carboxylic acids is 1. The van der Waals surface area contributed by atoms with Crippen LogP contribution >= 0.6 is 11.3 Å². The number of carbonyl (C=O) groups is 1. The molecule has 1 fully saturated rings. The third-order valence-corrected chi connectivity index (χ3v) is 5.85. The number of aliphatic carboxylic acids is 1. The summed E-state index contributed by atoms with van der Waals surface area (Å²) in [7, 11) is 0. The van der Waals surface area contributed by atoms with Crippen LogP contribution in [-0.4, -0.2) is 28.1 Å². The lowest BCUT2D eigenvalue weighted by Crippen LogP contribution is -2.49. The van der Waals surface area contributed by atoms with Gasteiger partial charge in [0.25, 0.3) is 0 Å². The maximum atomic E-state index is 11.7. The van der Waals surface area contributed by atoms with Crippen molar-refractivity contribution in [3.8, 4) is 0 Å². The van der Waals surface area contributed by atoms with Crippen molar-refractivity contribution in [2.45, 2.75) is 64.5 Å². The van der Waals surface area contributed by atoms with Crippen molar-refractivity contribution in [3.05, 3.63) is 21.9 Å². The topological polar surface area (TPSA) is 40.5 Å². The van der Waals surface area contributed by atoms with E-state index in [1.165, 1.54) is 9.75 Å². The van der Waals surface area contributed by atoms with E-state index in [-0.39, 0.29) is 5.41 Å². The maximum absolute atomic E-state index is 11.7. The average molecular weight is 295 g/mol. The Balaban J connectivity index is 2.17. The second kappa shape index (κ2) is 5.49. The highest BCUT2D eigenvalue weighted by atomic mass is 32.1. The summed E-state index contributed by atoms with van der Waals surface area (Å²) in [6, 6.07) is 4.34. The van der Waals surface area contributed by atoms with Gasteiger partial charge < -0.3 is 5.11 Å². The molecule has 0 spiro atoms. The molecule has 0 bridgehead atoms. The number of thiophene rings is 1. The van der Waals surface area contributed by atoms with Gasteiger partial charge in [0, 0.05) is 16.3 Å². The molecule has 0 radical (unpaired) electrons. The smallest absolute Gasteiger partial charge is 0.324 e. The summed E-state index contributed by atoms with van der Waals surface area (Å²) in [6.45, 7) is 10.3. The minimum absolute atomic E-state index is 0.169. The molecular weight excluding hydrogens is 270 g/mol. The Bertz CT molecular complexity index is 489. The summed E-state index contributed by atoms with van der Waals surface area (Å²) >= 11 is 1.82. The minimum atomic E-state index is -0.662. The zero-order chi connectivity index (χ0) is 15.0. The molecule has 1 aliphatic heterocycles. The Hall–Kier alpha value is -0.870. The SMILES string of the molecule is CCC1(C(=O)O)CCCN1Cc1ccc(C(C)(C)C)s1. The molecule has 1 atom stereocenters. The summed E-state index contributed by atoms with van der Waals surface area (Å²) in [5.41, 5.74) is -0.478. The van der Waals surface area contributed by atoms with Gasteiger partial charge in [0.05, 0.1) is 0 Å². The van der Waals surface area contributed by atoms with Gasteiger partial charge in [0.1, 0.15) is 5.54 Å². The van der Waals surface area contributed by atoms with Crippen molar-refractivity contribution in [2.75, 3.05) is 6.54 Å². The molecule has 1 aromatic rings. The molecule has 0 saturated carbocycles. The molecule has 0 aromatic carbocycles. The molecule has 112 valence electrons. The van der Waals surface area contributed by atoms with Gasteiger partial charge in [0.2, 0.25) is 0 Å². The van der Waals surface area contributed by atoms with Crippen LogP contribution in [0.5, 0.6) is 0 Å². The fourth-order valence-electron chi connectivity index (χ4n) is 3.01. The Kier molecular flexibility index (Phi) is 4.26. The molecule has 20 heavy (non-hydrogen) atoms. The Morgan fingerprint density at radius 1 is 1.45 bits per heavy atom. The molecule has 1 N–H and O–H groups in total. The van der Waals surface area contributed by atoms with E-state index in [9.17, 15) is 9.90 Å². The van der Waals surface area contributed by atoms with Crippen LogP contribution in [-0.2, 0) is 16.8 Å². The van der Waals surface area contributed by atoms with Crippen LogP contribution < -0.4 is 0 Å². The van der Waals surface area contributed by atoms with Gasteiger partial charge in [-0.25, -0.2) is 0 Å². The minimum Gasteiger partial charge on any atom is -0.480 e. The van der Waals surface area contributed by atoms with Crippen molar-refractivity contribution in [2.24, 2.45) is 0 Å². The summed E-state index contributed by atoms with van der Waals surface area (Å²) in [5, 5.41) is 9.61. The second-order valence-corrected chi connectivity index (χ2v) is 7.90. The van der Waals surface area contributed by atoms with E-state index in [1.807, 2.05) is 18.3 Å². The highest BCUT2D eigenvalue weighted by Crippen LogP contribution is 2.36. The molecule has 3 nitrogen and oxygen atoms in total. The first-order valence-electron chi connectivity index (χ1n) is 7.37. The monoisotopic (exact) mass is 295 g/mol. The molecule has 1 aromatic heterocycles. The average Bonchev–Trinajstić information content (AvgIpc) is 2.96. The molecule has 1 unspecified atom stereocenters. The first kappa shape index (κ1) is 15.5. The molecule has 2 rings (SSSR count). The molecule has 1 saturated heterocycles. The van der Waals surface area contributed by atoms with E-state index in [2.05, 4.69) is 37.8 Å². The highest BCUT2D eigenvalue weighted by Gasteiger charge is 2.46. The molecule has 1 aliphatic rings. The predicted octanol–water partition coefficient (Wildman–Crippen LogP) is 3.87. The number of hydrogen-bond acceptors (Lipinski definition) is 3. The highest BCUT2D eigenvalue weighted by molar-refractivity contribution is 7.12. The third kappa shape index (κ3) is 2.77. The maximum Gasteiger partial charge on any atom is 0.324 e. The van der Waals surface area contributed by atoms with Gasteiger partial charge in [-0.05, 0) is 43.4 Å². The van der Waals surface area contributed by atoms with Crippen LogP contribution in [0.3, 0.4) is 0 Å². The second-order valence-electron chi connectivity index (χ2n) is 6.73. The van der Waals surface area contributed by atoms with Gasteiger partial charge >= 0.3 is 5.97 Å². The Morgan fingerprint density at radius 2 is 2.15 bits per heavy atom. The van der Waals surface area contributed by atoms with Gasteiger partial charge in [-0.3, -0.25) is 9.69 Å². The van der Waals surface area contributed by atoms with E-state index in [1.54, 1.807) is 0 Å². The molecule has 0 aliphatic carbocycles. The zero-order valence-electron chi connectivity index (χ0n) is 12.9. The molecule has 2 heterocycles. The summed E-state index contributed by atoms with van der Waals surface area (Å²) in [4.78, 5) is 16.5. The molecule has 0 amide bonds. The lowest BCUT2D eigenvalue weighted by Gasteiger charge is -2.33. The fourth-order valence-corrected chi connectivity index (χ4v) is 4.09. The third-order valence-electron chi connectivity index (χ3n) is 4.35. The van der Waals surface area contributed by atoms with Crippen LogP contribution in [0, 0.1) is 0 Å². The van der Waals surface area contributed by atoms with Crippen molar-refractivity contribution in [1.29, 1.82) is 0 Å². The predicted molar refractivity (Wildman–Crippen MR) is 83.3 cm³/mol. The van der Waals surface area contributed by atoms with E-state index in [0.29, 0.717) is 6.42 Å². The standard InChI is InChI=1S/C16H25NO2S/c1-5-16(14(18)19)9-6-10-17(16)11-12-7-8-13(20-12)15(2,3)4/h7-8H,5-6,9-11H2,1-4H3,(H,18,19). The summed E-state index contributed by atoms with van der Waals surface area (Å²) in [5.74, 6) is -0.662. The fraction of sp³-hybridized carbons (Fsp3) is 0.688. The Labute approximate surface area is 125 Å². The van der Waals surface area contributed by atoms with E-state index < -0.39 is 11.5 Å². The summed E-state index contributed by atoms with van der Waals surface area (Å²) in [6.07, 6.45) is 2.44. The molecule has 4 heteroatoms. The largest absolute Gasteiger partial charge is 0.480 e. The van der Waals surface area contributed by atoms with E-state index >= 15 is 0 Å². The van der Waals surface area contributed by atoms with Gasteiger partial charge in [0.15, 0.2) is 0 Å². The molecular formula is C16H25NO2S. The zero-order valence-corrected chi connectivity index (χ0v) is 13.7. The van der Waals surface area contributed by atoms with Gasteiger partial charge in [-0.2, -0.15) is 0 Å². The van der Waals surface area contributed by atoms with E-state index in [4.69, 9.17) is 0 Å². The van der Waals surface area contributed by atoms with Gasteiger partial charge in [-0.1, -0.05) is 27.7 Å². The number of hydrogen-bond donors (Lipinski definition) is 1.